The molecule has 5 nitrogen and oxygen atoms in total. The number of alkyl carbamates (subject to hydrolysis) is 1. The summed E-state index contributed by atoms with van der Waals surface area (Å²) in [4.78, 5) is 11.6. The highest BCUT2D eigenvalue weighted by Crippen LogP contribution is 2.19. The Morgan fingerprint density at radius 1 is 1.12 bits per heavy atom. The number of hydrogen-bond donors (Lipinski definition) is 3. The molecular weight excluding hydrogens is 306 g/mol. The van der Waals surface area contributed by atoms with E-state index in [9.17, 15) is 15.0 Å². The molecular formula is C19H23NO4. The molecule has 2 aromatic rings. The molecule has 24 heavy (non-hydrogen) atoms. The van der Waals surface area contributed by atoms with E-state index in [1.165, 1.54) is 0 Å². The van der Waals surface area contributed by atoms with Crippen LogP contribution in [0.15, 0.2) is 54.6 Å². The maximum atomic E-state index is 11.6. The number of amides is 1. The Morgan fingerprint density at radius 2 is 1.88 bits per heavy atom. The Hall–Kier alpha value is -2.37. The summed E-state index contributed by atoms with van der Waals surface area (Å²) in [5.74, 6) is 0. The fourth-order valence-corrected chi connectivity index (χ4v) is 2.33. The van der Waals surface area contributed by atoms with Crippen molar-refractivity contribution in [2.24, 2.45) is 0 Å². The van der Waals surface area contributed by atoms with Crippen molar-refractivity contribution in [3.63, 3.8) is 0 Å². The van der Waals surface area contributed by atoms with Crippen molar-refractivity contribution < 1.29 is 19.7 Å². The first kappa shape index (κ1) is 18.0. The molecule has 0 aromatic heterocycles. The van der Waals surface area contributed by atoms with E-state index in [1.807, 2.05) is 55.5 Å². The third kappa shape index (κ3) is 5.68. The number of rotatable bonds is 7. The van der Waals surface area contributed by atoms with E-state index < -0.39 is 18.3 Å². The second kappa shape index (κ2) is 9.05. The van der Waals surface area contributed by atoms with Gasteiger partial charge in [-0.2, -0.15) is 0 Å². The molecule has 0 aliphatic rings. The monoisotopic (exact) mass is 329 g/mol. The summed E-state index contributed by atoms with van der Waals surface area (Å²) in [6.45, 7) is 2.34. The summed E-state index contributed by atoms with van der Waals surface area (Å²) in [5, 5.41) is 22.7. The minimum Gasteiger partial charge on any atom is -0.445 e. The standard InChI is InChI=1S/C19H23NO4/c1-14-6-5-9-16(12-14)18(22)17(21)10-11-20-19(23)24-13-15-7-3-2-4-8-15/h2-9,12,17-18,21-22H,10-11,13H2,1H3,(H,20,23). The average molecular weight is 329 g/mol. The number of aliphatic hydroxyl groups is 2. The van der Waals surface area contributed by atoms with Crippen molar-refractivity contribution in [2.75, 3.05) is 6.54 Å². The van der Waals surface area contributed by atoms with E-state index in [2.05, 4.69) is 5.32 Å². The zero-order valence-electron chi connectivity index (χ0n) is 13.7. The van der Waals surface area contributed by atoms with Crippen LogP contribution in [0.2, 0.25) is 0 Å². The van der Waals surface area contributed by atoms with Crippen molar-refractivity contribution in [2.45, 2.75) is 32.2 Å². The number of nitrogens with one attached hydrogen (secondary N) is 1. The first-order valence-corrected chi connectivity index (χ1v) is 7.93. The van der Waals surface area contributed by atoms with E-state index in [4.69, 9.17) is 4.74 Å². The molecule has 1 amide bonds. The van der Waals surface area contributed by atoms with E-state index in [-0.39, 0.29) is 19.6 Å². The van der Waals surface area contributed by atoms with Crippen LogP contribution in [-0.2, 0) is 11.3 Å². The number of ether oxygens (including phenoxy) is 1. The molecule has 2 rings (SSSR count). The van der Waals surface area contributed by atoms with Crippen molar-refractivity contribution in [1.82, 2.24) is 5.32 Å². The number of carbonyl (C=O) groups is 1. The molecule has 2 aromatic carbocycles. The van der Waals surface area contributed by atoms with E-state index in [1.54, 1.807) is 6.07 Å². The van der Waals surface area contributed by atoms with Gasteiger partial charge in [0, 0.05) is 6.54 Å². The smallest absolute Gasteiger partial charge is 0.407 e. The Kier molecular flexibility index (Phi) is 6.78. The van der Waals surface area contributed by atoms with E-state index in [0.29, 0.717) is 5.56 Å². The van der Waals surface area contributed by atoms with Crippen molar-refractivity contribution in [3.05, 3.63) is 71.3 Å². The predicted molar refractivity (Wildman–Crippen MR) is 91.4 cm³/mol. The third-order valence-electron chi connectivity index (χ3n) is 3.67. The van der Waals surface area contributed by atoms with Crippen LogP contribution in [0.1, 0.15) is 29.2 Å². The van der Waals surface area contributed by atoms with Crippen LogP contribution in [0, 0.1) is 6.92 Å². The SMILES string of the molecule is Cc1cccc(C(O)C(O)CCNC(=O)OCc2ccccc2)c1. The second-order valence-electron chi connectivity index (χ2n) is 5.70. The van der Waals surface area contributed by atoms with Crippen molar-refractivity contribution >= 4 is 6.09 Å². The summed E-state index contributed by atoms with van der Waals surface area (Å²) >= 11 is 0. The summed E-state index contributed by atoms with van der Waals surface area (Å²) < 4.78 is 5.08. The molecule has 128 valence electrons. The maximum absolute atomic E-state index is 11.6. The number of carbonyl (C=O) groups excluding carboxylic acids is 1. The normalized spacial score (nSPS) is 13.1. The molecule has 3 N–H and O–H groups in total. The minimum absolute atomic E-state index is 0.196. The molecule has 0 aliphatic heterocycles. The highest BCUT2D eigenvalue weighted by Gasteiger charge is 2.18. The zero-order valence-corrected chi connectivity index (χ0v) is 13.7. The van der Waals surface area contributed by atoms with Crippen LogP contribution in [0.4, 0.5) is 4.79 Å². The molecule has 0 saturated heterocycles. The van der Waals surface area contributed by atoms with Gasteiger partial charge < -0.3 is 20.3 Å². The lowest BCUT2D eigenvalue weighted by Crippen LogP contribution is -2.29. The molecule has 0 fully saturated rings. The summed E-state index contributed by atoms with van der Waals surface area (Å²) in [6.07, 6.45) is -2.25. The van der Waals surface area contributed by atoms with Crippen LogP contribution in [0.3, 0.4) is 0 Å². The molecule has 2 unspecified atom stereocenters. The molecule has 2 atom stereocenters. The van der Waals surface area contributed by atoms with Gasteiger partial charge in [0.1, 0.15) is 12.7 Å². The topological polar surface area (TPSA) is 78.8 Å². The molecule has 0 aliphatic carbocycles. The van der Waals surface area contributed by atoms with Gasteiger partial charge in [-0.25, -0.2) is 4.79 Å². The minimum atomic E-state index is -0.980. The van der Waals surface area contributed by atoms with Gasteiger partial charge in [-0.3, -0.25) is 0 Å². The van der Waals surface area contributed by atoms with Gasteiger partial charge in [0.05, 0.1) is 6.10 Å². The first-order valence-electron chi connectivity index (χ1n) is 7.93. The third-order valence-corrected chi connectivity index (χ3v) is 3.67. The highest BCUT2D eigenvalue weighted by molar-refractivity contribution is 5.67. The molecule has 0 bridgehead atoms. The molecule has 5 heteroatoms. The number of aryl methyl sites for hydroxylation is 1. The molecule has 0 spiro atoms. The van der Waals surface area contributed by atoms with Crippen LogP contribution >= 0.6 is 0 Å². The van der Waals surface area contributed by atoms with Gasteiger partial charge in [0.25, 0.3) is 0 Å². The molecule has 0 heterocycles. The fraction of sp³-hybridized carbons (Fsp3) is 0.316. The lowest BCUT2D eigenvalue weighted by Gasteiger charge is -2.18. The van der Waals surface area contributed by atoms with Crippen LogP contribution in [0.25, 0.3) is 0 Å². The van der Waals surface area contributed by atoms with Crippen LogP contribution < -0.4 is 5.32 Å². The lowest BCUT2D eigenvalue weighted by molar-refractivity contribution is 0.0136. The van der Waals surface area contributed by atoms with Gasteiger partial charge >= 0.3 is 6.09 Å². The maximum Gasteiger partial charge on any atom is 0.407 e. The van der Waals surface area contributed by atoms with E-state index in [0.717, 1.165) is 11.1 Å². The summed E-state index contributed by atoms with van der Waals surface area (Å²) in [7, 11) is 0. The van der Waals surface area contributed by atoms with Crippen molar-refractivity contribution in [3.8, 4) is 0 Å². The Morgan fingerprint density at radius 3 is 2.58 bits per heavy atom. The van der Waals surface area contributed by atoms with Crippen molar-refractivity contribution in [1.29, 1.82) is 0 Å². The number of hydrogen-bond acceptors (Lipinski definition) is 4. The van der Waals surface area contributed by atoms with E-state index >= 15 is 0 Å². The largest absolute Gasteiger partial charge is 0.445 e. The predicted octanol–water partition coefficient (Wildman–Crippen LogP) is 2.71. The van der Waals surface area contributed by atoms with Gasteiger partial charge in [0.15, 0.2) is 0 Å². The van der Waals surface area contributed by atoms with Crippen LogP contribution in [-0.4, -0.2) is 29.0 Å². The Labute approximate surface area is 141 Å². The Bertz CT molecular complexity index is 645. The fourth-order valence-electron chi connectivity index (χ4n) is 2.33. The van der Waals surface area contributed by atoms with Gasteiger partial charge in [-0.15, -0.1) is 0 Å². The summed E-state index contributed by atoms with van der Waals surface area (Å²) in [5.41, 5.74) is 2.58. The lowest BCUT2D eigenvalue weighted by atomic mass is 10.0. The summed E-state index contributed by atoms with van der Waals surface area (Å²) in [6, 6.07) is 16.7. The Balaban J connectivity index is 1.70. The van der Waals surface area contributed by atoms with Gasteiger partial charge in [-0.05, 0) is 24.5 Å². The van der Waals surface area contributed by atoms with Gasteiger partial charge in [-0.1, -0.05) is 60.2 Å². The quantitative estimate of drug-likeness (QED) is 0.730. The van der Waals surface area contributed by atoms with Crippen LogP contribution in [0.5, 0.6) is 0 Å². The number of benzene rings is 2. The van der Waals surface area contributed by atoms with Gasteiger partial charge in [0.2, 0.25) is 0 Å². The second-order valence-corrected chi connectivity index (χ2v) is 5.70. The number of aliphatic hydroxyl groups excluding tert-OH is 2. The first-order chi connectivity index (χ1) is 11.6. The average Bonchev–Trinajstić information content (AvgIpc) is 2.60. The highest BCUT2D eigenvalue weighted by atomic mass is 16.5. The zero-order chi connectivity index (χ0) is 17.4. The molecule has 0 radical (unpaired) electrons. The molecule has 0 saturated carbocycles.